The number of hydrogen-bond acceptors (Lipinski definition) is 2. The van der Waals surface area contributed by atoms with Crippen LogP contribution in [0.1, 0.15) is 22.4 Å². The Morgan fingerprint density at radius 2 is 1.94 bits per heavy atom. The molecule has 1 heterocycles. The number of benzene rings is 1. The zero-order valence-electron chi connectivity index (χ0n) is 10.2. The van der Waals surface area contributed by atoms with E-state index in [9.17, 15) is 0 Å². The molecule has 2 nitrogen and oxygen atoms in total. The molecule has 2 aromatic rings. The van der Waals surface area contributed by atoms with Crippen LogP contribution in [-0.4, -0.2) is 11.5 Å². The van der Waals surface area contributed by atoms with Crippen molar-refractivity contribution in [2.45, 2.75) is 27.2 Å². The van der Waals surface area contributed by atoms with Crippen LogP contribution in [0.2, 0.25) is 0 Å². The lowest BCUT2D eigenvalue weighted by atomic mass is 9.99. The van der Waals surface area contributed by atoms with Crippen LogP contribution in [-0.2, 0) is 6.42 Å². The molecule has 0 radical (unpaired) electrons. The lowest BCUT2D eigenvalue weighted by Gasteiger charge is -2.10. The predicted octanol–water partition coefficient (Wildman–Crippen LogP) is 2.66. The number of aromatic nitrogens is 1. The zero-order valence-corrected chi connectivity index (χ0v) is 10.2. The van der Waals surface area contributed by atoms with Gasteiger partial charge in [-0.2, -0.15) is 0 Å². The van der Waals surface area contributed by atoms with Crippen LogP contribution >= 0.6 is 0 Å². The molecule has 0 bridgehead atoms. The van der Waals surface area contributed by atoms with Gasteiger partial charge in [-0.1, -0.05) is 12.1 Å². The maximum Gasteiger partial charge on any atom is 0.0739 e. The minimum Gasteiger partial charge on any atom is -0.330 e. The summed E-state index contributed by atoms with van der Waals surface area (Å²) in [6.45, 7) is 6.99. The summed E-state index contributed by atoms with van der Waals surface area (Å²) in [4.78, 5) is 4.64. The van der Waals surface area contributed by atoms with E-state index < -0.39 is 0 Å². The number of fused-ring (bicyclic) bond motifs is 1. The van der Waals surface area contributed by atoms with Crippen LogP contribution in [0, 0.1) is 20.8 Å². The Bertz CT molecular complexity index is 530. The van der Waals surface area contributed by atoms with Crippen molar-refractivity contribution in [3.8, 4) is 0 Å². The number of aryl methyl sites for hydroxylation is 3. The highest BCUT2D eigenvalue weighted by Gasteiger charge is 2.07. The molecule has 0 aliphatic carbocycles. The summed E-state index contributed by atoms with van der Waals surface area (Å²) in [5.74, 6) is 0. The van der Waals surface area contributed by atoms with Crippen molar-refractivity contribution in [2.24, 2.45) is 5.73 Å². The van der Waals surface area contributed by atoms with Crippen LogP contribution in [0.5, 0.6) is 0 Å². The third-order valence-electron chi connectivity index (χ3n) is 3.13. The summed E-state index contributed by atoms with van der Waals surface area (Å²) < 4.78 is 0. The summed E-state index contributed by atoms with van der Waals surface area (Å²) in [6, 6.07) is 6.47. The van der Waals surface area contributed by atoms with Crippen LogP contribution in [0.4, 0.5) is 0 Å². The Balaban J connectivity index is 2.78. The summed E-state index contributed by atoms with van der Waals surface area (Å²) in [5, 5.41) is 1.25. The van der Waals surface area contributed by atoms with Gasteiger partial charge in [0.15, 0.2) is 0 Å². The Morgan fingerprint density at radius 1 is 1.19 bits per heavy atom. The summed E-state index contributed by atoms with van der Waals surface area (Å²) in [7, 11) is 0. The highest BCUT2D eigenvalue weighted by atomic mass is 14.7. The van der Waals surface area contributed by atoms with E-state index in [2.05, 4.69) is 37.0 Å². The predicted molar refractivity (Wildman–Crippen MR) is 68.7 cm³/mol. The Kier molecular flexibility index (Phi) is 2.92. The van der Waals surface area contributed by atoms with Crippen LogP contribution in [0.3, 0.4) is 0 Å². The second kappa shape index (κ2) is 4.22. The van der Waals surface area contributed by atoms with Gasteiger partial charge in [-0.05, 0) is 56.5 Å². The molecule has 0 amide bonds. The van der Waals surface area contributed by atoms with Gasteiger partial charge in [0.2, 0.25) is 0 Å². The first kappa shape index (κ1) is 11.1. The van der Waals surface area contributed by atoms with E-state index in [0.717, 1.165) is 17.6 Å². The molecule has 0 atom stereocenters. The number of nitrogens with two attached hydrogens (primary N) is 1. The van der Waals surface area contributed by atoms with Crippen LogP contribution < -0.4 is 5.73 Å². The fourth-order valence-electron chi connectivity index (χ4n) is 2.11. The summed E-state index contributed by atoms with van der Waals surface area (Å²) in [5.41, 5.74) is 11.7. The van der Waals surface area contributed by atoms with Gasteiger partial charge in [0.05, 0.1) is 5.52 Å². The van der Waals surface area contributed by atoms with E-state index in [1.165, 1.54) is 22.1 Å². The summed E-state index contributed by atoms with van der Waals surface area (Å²) in [6.07, 6.45) is 0.919. The molecule has 0 spiro atoms. The largest absolute Gasteiger partial charge is 0.330 e. The molecule has 16 heavy (non-hydrogen) atoms. The lowest BCUT2D eigenvalue weighted by Crippen LogP contribution is -2.04. The molecular weight excluding hydrogens is 196 g/mol. The maximum absolute atomic E-state index is 5.65. The number of hydrogen-bond donors (Lipinski definition) is 1. The first-order valence-electron chi connectivity index (χ1n) is 5.70. The monoisotopic (exact) mass is 214 g/mol. The lowest BCUT2D eigenvalue weighted by molar-refractivity contribution is 0.970. The maximum atomic E-state index is 5.65. The van der Waals surface area contributed by atoms with Crippen molar-refractivity contribution in [3.05, 3.63) is 40.6 Å². The number of nitrogens with zero attached hydrogens (tertiary/aromatic N) is 1. The van der Waals surface area contributed by atoms with Crippen LogP contribution in [0.15, 0.2) is 18.2 Å². The average Bonchev–Trinajstić information content (AvgIpc) is 2.24. The van der Waals surface area contributed by atoms with Crippen molar-refractivity contribution >= 4 is 10.9 Å². The van der Waals surface area contributed by atoms with Gasteiger partial charge in [-0.25, -0.2) is 0 Å². The minimum absolute atomic E-state index is 0.686. The second-order valence-electron chi connectivity index (χ2n) is 4.37. The second-order valence-corrected chi connectivity index (χ2v) is 4.37. The standard InChI is InChI=1S/C14H18N2/c1-9-4-5-13-12(6-7-15)8-10(2)16-14(13)11(9)3/h4-5,8H,6-7,15H2,1-3H3. The molecule has 0 aliphatic heterocycles. The molecular formula is C14H18N2. The van der Waals surface area contributed by atoms with E-state index in [1.807, 2.05) is 6.92 Å². The van der Waals surface area contributed by atoms with Gasteiger partial charge < -0.3 is 5.73 Å². The quantitative estimate of drug-likeness (QED) is 0.834. The van der Waals surface area contributed by atoms with Crippen molar-refractivity contribution in [3.63, 3.8) is 0 Å². The third-order valence-corrected chi connectivity index (χ3v) is 3.13. The Hall–Kier alpha value is -1.41. The van der Waals surface area contributed by atoms with Crippen molar-refractivity contribution < 1.29 is 0 Å². The number of rotatable bonds is 2. The Morgan fingerprint density at radius 3 is 2.62 bits per heavy atom. The Labute approximate surface area is 96.5 Å². The molecule has 1 aromatic carbocycles. The van der Waals surface area contributed by atoms with Gasteiger partial charge in [0, 0.05) is 11.1 Å². The highest BCUT2D eigenvalue weighted by Crippen LogP contribution is 2.23. The van der Waals surface area contributed by atoms with Crippen molar-refractivity contribution in [1.29, 1.82) is 0 Å². The minimum atomic E-state index is 0.686. The molecule has 0 unspecified atom stereocenters. The average molecular weight is 214 g/mol. The van der Waals surface area contributed by atoms with Gasteiger partial charge in [-0.15, -0.1) is 0 Å². The molecule has 84 valence electrons. The van der Waals surface area contributed by atoms with E-state index in [1.54, 1.807) is 0 Å². The molecule has 0 saturated carbocycles. The SMILES string of the molecule is Cc1cc(CCN)c2ccc(C)c(C)c2n1. The van der Waals surface area contributed by atoms with Gasteiger partial charge in [0.25, 0.3) is 0 Å². The fourth-order valence-corrected chi connectivity index (χ4v) is 2.11. The van der Waals surface area contributed by atoms with E-state index in [0.29, 0.717) is 6.54 Å². The smallest absolute Gasteiger partial charge is 0.0739 e. The highest BCUT2D eigenvalue weighted by molar-refractivity contribution is 5.86. The zero-order chi connectivity index (χ0) is 11.7. The number of pyridine rings is 1. The normalized spacial score (nSPS) is 11.0. The molecule has 2 heteroatoms. The van der Waals surface area contributed by atoms with Crippen LogP contribution in [0.25, 0.3) is 10.9 Å². The van der Waals surface area contributed by atoms with E-state index in [-0.39, 0.29) is 0 Å². The molecule has 2 N–H and O–H groups in total. The van der Waals surface area contributed by atoms with Gasteiger partial charge in [0.1, 0.15) is 0 Å². The van der Waals surface area contributed by atoms with E-state index >= 15 is 0 Å². The third kappa shape index (κ3) is 1.81. The summed E-state index contributed by atoms with van der Waals surface area (Å²) >= 11 is 0. The molecule has 0 fully saturated rings. The first-order chi connectivity index (χ1) is 7.63. The van der Waals surface area contributed by atoms with E-state index in [4.69, 9.17) is 5.73 Å². The van der Waals surface area contributed by atoms with Crippen molar-refractivity contribution in [1.82, 2.24) is 4.98 Å². The van der Waals surface area contributed by atoms with Gasteiger partial charge >= 0.3 is 0 Å². The molecule has 0 saturated heterocycles. The molecule has 2 rings (SSSR count). The van der Waals surface area contributed by atoms with Gasteiger partial charge in [-0.3, -0.25) is 4.98 Å². The van der Waals surface area contributed by atoms with Crippen molar-refractivity contribution in [2.75, 3.05) is 6.54 Å². The molecule has 1 aromatic heterocycles. The fraction of sp³-hybridized carbons (Fsp3) is 0.357. The first-order valence-corrected chi connectivity index (χ1v) is 5.70. The topological polar surface area (TPSA) is 38.9 Å². The molecule has 0 aliphatic rings.